The van der Waals surface area contributed by atoms with Gasteiger partial charge in [-0.15, -0.1) is 0 Å². The molecule has 0 aromatic heterocycles. The fraction of sp³-hybridized carbons (Fsp3) is 0.350. The van der Waals surface area contributed by atoms with Gasteiger partial charge >= 0.3 is 0 Å². The van der Waals surface area contributed by atoms with Crippen molar-refractivity contribution in [2.75, 3.05) is 38.7 Å². The first-order valence-corrected chi connectivity index (χ1v) is 9.33. The molecular weight excluding hydrogens is 368 g/mol. The SMILES string of the molecule is CC[NH+](CC(=O)Nc1ccccc1OC)Cc1cc(Cl)c2c(c1)OCCO2. The van der Waals surface area contributed by atoms with Gasteiger partial charge in [0.25, 0.3) is 5.91 Å². The van der Waals surface area contributed by atoms with E-state index in [9.17, 15) is 4.79 Å². The number of ether oxygens (including phenoxy) is 3. The summed E-state index contributed by atoms with van der Waals surface area (Å²) in [5.41, 5.74) is 1.68. The van der Waals surface area contributed by atoms with Gasteiger partial charge in [-0.2, -0.15) is 0 Å². The van der Waals surface area contributed by atoms with Gasteiger partial charge in [0.15, 0.2) is 18.0 Å². The lowest BCUT2D eigenvalue weighted by Crippen LogP contribution is -3.11. The molecule has 27 heavy (non-hydrogen) atoms. The van der Waals surface area contributed by atoms with Crippen LogP contribution >= 0.6 is 11.6 Å². The first-order valence-electron chi connectivity index (χ1n) is 8.95. The Bertz CT molecular complexity index is 813. The van der Waals surface area contributed by atoms with Crippen molar-refractivity contribution in [3.05, 3.63) is 47.0 Å². The lowest BCUT2D eigenvalue weighted by Gasteiger charge is -2.22. The van der Waals surface area contributed by atoms with Gasteiger partial charge in [0.2, 0.25) is 0 Å². The second-order valence-electron chi connectivity index (χ2n) is 6.31. The number of likely N-dealkylation sites (N-methyl/N-ethyl adjacent to an activating group) is 1. The molecule has 0 bridgehead atoms. The molecule has 0 saturated heterocycles. The van der Waals surface area contributed by atoms with Crippen molar-refractivity contribution >= 4 is 23.2 Å². The Morgan fingerprint density at radius 3 is 2.81 bits per heavy atom. The first-order chi connectivity index (χ1) is 13.1. The van der Waals surface area contributed by atoms with Gasteiger partial charge in [0, 0.05) is 5.56 Å². The second-order valence-corrected chi connectivity index (χ2v) is 6.71. The van der Waals surface area contributed by atoms with Crippen LogP contribution in [0, 0.1) is 0 Å². The molecular formula is C20H24ClN2O4+. The number of carbonyl (C=O) groups is 1. The summed E-state index contributed by atoms with van der Waals surface area (Å²) in [6.45, 7) is 4.85. The number of hydrogen-bond donors (Lipinski definition) is 2. The van der Waals surface area contributed by atoms with E-state index in [-0.39, 0.29) is 5.91 Å². The summed E-state index contributed by atoms with van der Waals surface area (Å²) in [7, 11) is 1.58. The molecule has 2 aromatic rings. The molecule has 0 fully saturated rings. The number of amides is 1. The minimum Gasteiger partial charge on any atom is -0.495 e. The third-order valence-corrected chi connectivity index (χ3v) is 4.68. The number of quaternary nitrogens is 1. The number of nitrogens with one attached hydrogen (secondary N) is 2. The molecule has 1 unspecified atom stereocenters. The predicted octanol–water partition coefficient (Wildman–Crippen LogP) is 2.16. The van der Waals surface area contributed by atoms with Crippen LogP contribution in [-0.4, -0.2) is 39.3 Å². The summed E-state index contributed by atoms with van der Waals surface area (Å²) >= 11 is 6.31. The Hall–Kier alpha value is -2.44. The molecule has 2 N–H and O–H groups in total. The molecule has 1 amide bonds. The maximum absolute atomic E-state index is 12.5. The molecule has 3 rings (SSSR count). The number of fused-ring (bicyclic) bond motifs is 1. The molecule has 0 radical (unpaired) electrons. The lowest BCUT2D eigenvalue weighted by atomic mass is 10.1. The maximum atomic E-state index is 12.5. The Kier molecular flexibility index (Phi) is 6.42. The van der Waals surface area contributed by atoms with Crippen LogP contribution in [0.5, 0.6) is 17.2 Å². The monoisotopic (exact) mass is 391 g/mol. The Morgan fingerprint density at radius 2 is 2.04 bits per heavy atom. The van der Waals surface area contributed by atoms with Gasteiger partial charge in [-0.3, -0.25) is 4.79 Å². The third kappa shape index (κ3) is 4.84. The molecule has 1 atom stereocenters. The summed E-state index contributed by atoms with van der Waals surface area (Å²) in [4.78, 5) is 13.6. The van der Waals surface area contributed by atoms with E-state index >= 15 is 0 Å². The highest BCUT2D eigenvalue weighted by atomic mass is 35.5. The van der Waals surface area contributed by atoms with E-state index < -0.39 is 0 Å². The molecule has 7 heteroatoms. The number of hydrogen-bond acceptors (Lipinski definition) is 4. The number of para-hydroxylation sites is 2. The fourth-order valence-corrected chi connectivity index (χ4v) is 3.32. The van der Waals surface area contributed by atoms with Crippen LogP contribution < -0.4 is 24.4 Å². The number of rotatable bonds is 7. The van der Waals surface area contributed by atoms with Crippen molar-refractivity contribution in [3.8, 4) is 17.2 Å². The predicted molar refractivity (Wildman–Crippen MR) is 104 cm³/mol. The molecule has 1 aliphatic rings. The zero-order valence-corrected chi connectivity index (χ0v) is 16.3. The molecule has 6 nitrogen and oxygen atoms in total. The minimum absolute atomic E-state index is 0.0695. The summed E-state index contributed by atoms with van der Waals surface area (Å²) in [6, 6.07) is 11.2. The Morgan fingerprint density at radius 1 is 1.26 bits per heavy atom. The van der Waals surface area contributed by atoms with Crippen LogP contribution in [-0.2, 0) is 11.3 Å². The number of carbonyl (C=O) groups excluding carboxylic acids is 1. The summed E-state index contributed by atoms with van der Waals surface area (Å²) in [5.74, 6) is 1.83. The van der Waals surface area contributed by atoms with E-state index in [4.69, 9.17) is 25.8 Å². The van der Waals surface area contributed by atoms with Crippen LogP contribution in [0.3, 0.4) is 0 Å². The number of benzene rings is 2. The highest BCUT2D eigenvalue weighted by molar-refractivity contribution is 6.32. The largest absolute Gasteiger partial charge is 0.495 e. The summed E-state index contributed by atoms with van der Waals surface area (Å²) < 4.78 is 16.5. The zero-order chi connectivity index (χ0) is 19.2. The number of halogens is 1. The first kappa shape index (κ1) is 19.3. The average Bonchev–Trinajstić information content (AvgIpc) is 2.68. The smallest absolute Gasteiger partial charge is 0.279 e. The van der Waals surface area contributed by atoms with Crippen LogP contribution in [0.4, 0.5) is 5.69 Å². The van der Waals surface area contributed by atoms with E-state index in [1.165, 1.54) is 0 Å². The maximum Gasteiger partial charge on any atom is 0.279 e. The fourth-order valence-electron chi connectivity index (χ4n) is 3.04. The molecule has 1 aliphatic heterocycles. The molecule has 1 heterocycles. The highest BCUT2D eigenvalue weighted by Gasteiger charge is 2.20. The summed E-state index contributed by atoms with van der Waals surface area (Å²) in [6.07, 6.45) is 0. The van der Waals surface area contributed by atoms with Gasteiger partial charge in [-0.25, -0.2) is 0 Å². The van der Waals surface area contributed by atoms with Gasteiger partial charge in [0.1, 0.15) is 25.5 Å². The van der Waals surface area contributed by atoms with Crippen LogP contribution in [0.1, 0.15) is 12.5 Å². The average molecular weight is 392 g/mol. The normalized spacial score (nSPS) is 13.7. The Labute approximate surface area is 164 Å². The van der Waals surface area contributed by atoms with E-state index in [1.54, 1.807) is 7.11 Å². The van der Waals surface area contributed by atoms with Crippen molar-refractivity contribution in [2.24, 2.45) is 0 Å². The molecule has 0 aliphatic carbocycles. The van der Waals surface area contributed by atoms with Gasteiger partial charge < -0.3 is 24.4 Å². The van der Waals surface area contributed by atoms with Crippen molar-refractivity contribution in [2.45, 2.75) is 13.5 Å². The zero-order valence-electron chi connectivity index (χ0n) is 15.5. The molecule has 0 spiro atoms. The quantitative estimate of drug-likeness (QED) is 0.759. The number of anilines is 1. The van der Waals surface area contributed by atoms with E-state index in [1.807, 2.05) is 43.3 Å². The Balaban J connectivity index is 1.65. The van der Waals surface area contributed by atoms with Gasteiger partial charge in [0.05, 0.1) is 24.4 Å². The van der Waals surface area contributed by atoms with Gasteiger partial charge in [-0.1, -0.05) is 23.7 Å². The van der Waals surface area contributed by atoms with Crippen LogP contribution in [0.15, 0.2) is 36.4 Å². The second kappa shape index (κ2) is 8.97. The molecule has 144 valence electrons. The summed E-state index contributed by atoms with van der Waals surface area (Å²) in [5, 5.41) is 3.46. The van der Waals surface area contributed by atoms with Gasteiger partial charge in [-0.05, 0) is 31.2 Å². The van der Waals surface area contributed by atoms with Crippen LogP contribution in [0.25, 0.3) is 0 Å². The van der Waals surface area contributed by atoms with Crippen LogP contribution in [0.2, 0.25) is 5.02 Å². The van der Waals surface area contributed by atoms with Crippen molar-refractivity contribution in [1.29, 1.82) is 0 Å². The number of methoxy groups -OCH3 is 1. The van der Waals surface area contributed by atoms with Crippen molar-refractivity contribution < 1.29 is 23.9 Å². The topological polar surface area (TPSA) is 61.2 Å². The lowest BCUT2D eigenvalue weighted by molar-refractivity contribution is -0.903. The molecule has 0 saturated carbocycles. The third-order valence-electron chi connectivity index (χ3n) is 4.40. The highest BCUT2D eigenvalue weighted by Crippen LogP contribution is 2.38. The standard InChI is InChI=1S/C20H23ClN2O4/c1-3-23(13-19(24)22-16-6-4-5-7-17(16)25-2)12-14-10-15(21)20-18(11-14)26-8-9-27-20/h4-7,10-11H,3,8-9,12-13H2,1-2H3,(H,22,24)/p+1. The van der Waals surface area contributed by atoms with E-state index in [0.717, 1.165) is 17.0 Å². The van der Waals surface area contributed by atoms with Crippen molar-refractivity contribution in [3.63, 3.8) is 0 Å². The van der Waals surface area contributed by atoms with E-state index in [0.29, 0.717) is 54.3 Å². The van der Waals surface area contributed by atoms with Crippen molar-refractivity contribution in [1.82, 2.24) is 0 Å². The molecule has 2 aromatic carbocycles. The van der Waals surface area contributed by atoms with E-state index in [2.05, 4.69) is 5.32 Å². The minimum atomic E-state index is -0.0695.